The third-order valence-electron chi connectivity index (χ3n) is 5.52. The van der Waals surface area contributed by atoms with E-state index in [1.807, 2.05) is 12.1 Å². The highest BCUT2D eigenvalue weighted by Gasteiger charge is 2.40. The minimum absolute atomic E-state index is 0.328. The van der Waals surface area contributed by atoms with Crippen LogP contribution >= 0.6 is 11.3 Å². The molecule has 1 unspecified atom stereocenters. The number of imide groups is 1. The van der Waals surface area contributed by atoms with Gasteiger partial charge in [-0.05, 0) is 37.3 Å². The number of rotatable bonds is 4. The quantitative estimate of drug-likeness (QED) is 0.633. The summed E-state index contributed by atoms with van der Waals surface area (Å²) in [5.41, 5.74) is 2.11. The summed E-state index contributed by atoms with van der Waals surface area (Å²) >= 11 is 1.56. The van der Waals surface area contributed by atoms with Crippen LogP contribution in [0.3, 0.4) is 0 Å². The van der Waals surface area contributed by atoms with E-state index in [4.69, 9.17) is 4.74 Å². The van der Waals surface area contributed by atoms with Crippen molar-refractivity contribution < 1.29 is 19.1 Å². The van der Waals surface area contributed by atoms with E-state index in [1.165, 1.54) is 0 Å². The van der Waals surface area contributed by atoms with Crippen LogP contribution in [0, 0.1) is 0 Å². The second-order valence-corrected chi connectivity index (χ2v) is 8.48. The Balaban J connectivity index is 1.33. The molecule has 0 aliphatic carbocycles. The first-order chi connectivity index (χ1) is 15.0. The molecular weight excluding hydrogens is 416 g/mol. The maximum atomic E-state index is 12.8. The predicted octanol–water partition coefficient (Wildman–Crippen LogP) is 2.76. The number of nitrogens with one attached hydrogen (secondary N) is 1. The highest BCUT2D eigenvalue weighted by molar-refractivity contribution is 7.22. The molecule has 8 nitrogen and oxygen atoms in total. The maximum absolute atomic E-state index is 12.8. The van der Waals surface area contributed by atoms with Crippen LogP contribution in [-0.2, 0) is 9.53 Å². The van der Waals surface area contributed by atoms with Crippen molar-refractivity contribution in [1.29, 1.82) is 0 Å². The van der Waals surface area contributed by atoms with Crippen molar-refractivity contribution in [2.24, 2.45) is 0 Å². The van der Waals surface area contributed by atoms with Gasteiger partial charge in [-0.15, -0.1) is 0 Å². The van der Waals surface area contributed by atoms with Crippen molar-refractivity contribution >= 4 is 50.1 Å². The molecule has 0 saturated carbocycles. The Bertz CT molecular complexity index is 1170. The van der Waals surface area contributed by atoms with Crippen molar-refractivity contribution in [2.45, 2.75) is 13.0 Å². The van der Waals surface area contributed by atoms with Crippen molar-refractivity contribution in [3.8, 4) is 0 Å². The number of hydrogen-bond donors (Lipinski definition) is 1. The lowest BCUT2D eigenvalue weighted by molar-refractivity contribution is -0.119. The minimum atomic E-state index is -0.937. The minimum Gasteiger partial charge on any atom is -0.378 e. The van der Waals surface area contributed by atoms with Gasteiger partial charge in [-0.1, -0.05) is 23.5 Å². The molecule has 0 radical (unpaired) electrons. The Morgan fingerprint density at radius 2 is 1.77 bits per heavy atom. The summed E-state index contributed by atoms with van der Waals surface area (Å²) in [5, 5.41) is 3.76. The number of anilines is 2. The molecule has 1 fully saturated rings. The number of carbonyl (C=O) groups is 3. The topological polar surface area (TPSA) is 91.8 Å². The lowest BCUT2D eigenvalue weighted by Gasteiger charge is -2.25. The number of thiazole rings is 1. The van der Waals surface area contributed by atoms with Crippen molar-refractivity contribution in [3.63, 3.8) is 0 Å². The summed E-state index contributed by atoms with van der Waals surface area (Å²) in [4.78, 5) is 46.0. The molecule has 31 heavy (non-hydrogen) atoms. The summed E-state index contributed by atoms with van der Waals surface area (Å²) in [6, 6.07) is 11.2. The molecule has 2 aromatic carbocycles. The van der Waals surface area contributed by atoms with Crippen molar-refractivity contribution in [3.05, 3.63) is 53.6 Å². The van der Waals surface area contributed by atoms with E-state index in [2.05, 4.69) is 15.2 Å². The predicted molar refractivity (Wildman–Crippen MR) is 118 cm³/mol. The van der Waals surface area contributed by atoms with Crippen LogP contribution in [0.1, 0.15) is 27.6 Å². The van der Waals surface area contributed by atoms with E-state index < -0.39 is 23.8 Å². The van der Waals surface area contributed by atoms with Gasteiger partial charge in [-0.25, -0.2) is 4.98 Å². The SMILES string of the molecule is CC(C(=O)Nc1ccc2nc(N3CCOCC3)sc2c1)N1C(=O)c2ccccc2C1=O. The number of fused-ring (bicyclic) bond motifs is 2. The third-order valence-corrected chi connectivity index (χ3v) is 6.60. The second kappa shape index (κ2) is 7.75. The summed E-state index contributed by atoms with van der Waals surface area (Å²) in [7, 11) is 0. The molecular formula is C22H20N4O4S. The maximum Gasteiger partial charge on any atom is 0.262 e. The van der Waals surface area contributed by atoms with Gasteiger partial charge in [0, 0.05) is 18.8 Å². The van der Waals surface area contributed by atoms with Gasteiger partial charge in [0.05, 0.1) is 34.6 Å². The average Bonchev–Trinajstić information content (AvgIpc) is 3.33. The number of aromatic nitrogens is 1. The van der Waals surface area contributed by atoms with Gasteiger partial charge >= 0.3 is 0 Å². The van der Waals surface area contributed by atoms with Crippen molar-refractivity contribution in [2.75, 3.05) is 36.5 Å². The molecule has 1 aromatic heterocycles. The molecule has 3 amide bonds. The molecule has 5 rings (SSSR count). The number of hydrogen-bond acceptors (Lipinski definition) is 7. The van der Waals surface area contributed by atoms with Gasteiger partial charge < -0.3 is 15.0 Å². The Hall–Kier alpha value is -3.30. The summed E-state index contributed by atoms with van der Waals surface area (Å²) in [6.07, 6.45) is 0. The molecule has 0 bridgehead atoms. The second-order valence-electron chi connectivity index (χ2n) is 7.47. The molecule has 3 aromatic rings. The van der Waals surface area contributed by atoms with Crippen LogP contribution in [0.2, 0.25) is 0 Å². The molecule has 2 aliphatic heterocycles. The van der Waals surface area contributed by atoms with Crippen molar-refractivity contribution in [1.82, 2.24) is 9.88 Å². The number of morpholine rings is 1. The molecule has 1 atom stereocenters. The van der Waals surface area contributed by atoms with E-state index >= 15 is 0 Å². The first kappa shape index (κ1) is 19.7. The normalized spacial score (nSPS) is 17.2. The highest BCUT2D eigenvalue weighted by atomic mass is 32.1. The number of carbonyl (C=O) groups excluding carboxylic acids is 3. The lowest BCUT2D eigenvalue weighted by atomic mass is 10.1. The fraction of sp³-hybridized carbons (Fsp3) is 0.273. The number of benzene rings is 2. The van der Waals surface area contributed by atoms with Crippen LogP contribution in [-0.4, -0.2) is 60.0 Å². The fourth-order valence-corrected chi connectivity index (χ4v) is 4.86. The van der Waals surface area contributed by atoms with Gasteiger partial charge in [0.25, 0.3) is 11.8 Å². The lowest BCUT2D eigenvalue weighted by Crippen LogP contribution is -2.45. The Morgan fingerprint density at radius 3 is 2.45 bits per heavy atom. The van der Waals surface area contributed by atoms with Crippen LogP contribution in [0.25, 0.3) is 10.2 Å². The van der Waals surface area contributed by atoms with E-state index in [0.717, 1.165) is 33.3 Å². The van der Waals surface area contributed by atoms with Gasteiger partial charge in [0.1, 0.15) is 6.04 Å². The summed E-state index contributed by atoms with van der Waals surface area (Å²) in [5.74, 6) is -1.32. The molecule has 0 spiro atoms. The largest absolute Gasteiger partial charge is 0.378 e. The fourth-order valence-electron chi connectivity index (χ4n) is 3.80. The zero-order chi connectivity index (χ0) is 21.5. The smallest absolute Gasteiger partial charge is 0.262 e. The highest BCUT2D eigenvalue weighted by Crippen LogP contribution is 2.31. The van der Waals surface area contributed by atoms with Gasteiger partial charge in [0.2, 0.25) is 5.91 Å². The summed E-state index contributed by atoms with van der Waals surface area (Å²) in [6.45, 7) is 4.54. The number of nitrogens with zero attached hydrogens (tertiary/aromatic N) is 3. The molecule has 1 N–H and O–H groups in total. The standard InChI is InChI=1S/C22H20N4O4S/c1-13(26-20(28)15-4-2-3-5-16(15)21(26)29)19(27)23-14-6-7-17-18(12-14)31-22(24-17)25-8-10-30-11-9-25/h2-7,12-13H,8-11H2,1H3,(H,23,27). The molecule has 9 heteroatoms. The third kappa shape index (κ3) is 3.45. The van der Waals surface area contributed by atoms with Gasteiger partial charge in [0.15, 0.2) is 5.13 Å². The first-order valence-electron chi connectivity index (χ1n) is 10.0. The molecule has 2 aliphatic rings. The molecule has 158 valence electrons. The number of ether oxygens (including phenoxy) is 1. The van der Waals surface area contributed by atoms with E-state index in [9.17, 15) is 14.4 Å². The van der Waals surface area contributed by atoms with Crippen LogP contribution in [0.5, 0.6) is 0 Å². The van der Waals surface area contributed by atoms with Crippen LogP contribution < -0.4 is 10.2 Å². The van der Waals surface area contributed by atoms with E-state index in [0.29, 0.717) is 30.0 Å². The van der Waals surface area contributed by atoms with E-state index in [1.54, 1.807) is 48.6 Å². The monoisotopic (exact) mass is 436 g/mol. The zero-order valence-electron chi connectivity index (χ0n) is 16.8. The zero-order valence-corrected chi connectivity index (χ0v) is 17.6. The molecule has 1 saturated heterocycles. The van der Waals surface area contributed by atoms with Crippen LogP contribution in [0.4, 0.5) is 10.8 Å². The van der Waals surface area contributed by atoms with Crippen LogP contribution in [0.15, 0.2) is 42.5 Å². The summed E-state index contributed by atoms with van der Waals surface area (Å²) < 4.78 is 6.35. The number of amides is 3. The molecule has 3 heterocycles. The van der Waals surface area contributed by atoms with Gasteiger partial charge in [-0.2, -0.15) is 0 Å². The van der Waals surface area contributed by atoms with Gasteiger partial charge in [-0.3, -0.25) is 19.3 Å². The Morgan fingerprint density at radius 1 is 1.10 bits per heavy atom. The average molecular weight is 436 g/mol. The van der Waals surface area contributed by atoms with E-state index in [-0.39, 0.29) is 0 Å². The Labute approximate surface area is 182 Å². The first-order valence-corrected chi connectivity index (χ1v) is 10.9. The Kier molecular flexibility index (Phi) is 4.91.